The maximum absolute atomic E-state index is 9.45. The number of aliphatic hydroxyl groups excluding tert-OH is 1. The Bertz CT molecular complexity index is 530. The largest absolute Gasteiger partial charge is 0.392 e. The second-order valence-corrected chi connectivity index (χ2v) is 4.81. The molecule has 0 saturated carbocycles. The predicted molar refractivity (Wildman–Crippen MR) is 72.5 cm³/mol. The van der Waals surface area contributed by atoms with Crippen molar-refractivity contribution in [3.63, 3.8) is 0 Å². The van der Waals surface area contributed by atoms with Crippen LogP contribution >= 0.6 is 11.6 Å². The third-order valence-electron chi connectivity index (χ3n) is 3.15. The molecule has 1 heterocycles. The standard InChI is InChI=1S/C14H18ClNO/c1-3-4-7-16-13-6-5-10(2)8-11(13)12(9-17)14(16)15/h5-6,8,17H,3-4,7,9H2,1-2H3. The summed E-state index contributed by atoms with van der Waals surface area (Å²) in [5.41, 5.74) is 3.16. The van der Waals surface area contributed by atoms with Gasteiger partial charge in [0.2, 0.25) is 0 Å². The molecule has 2 aromatic rings. The fourth-order valence-electron chi connectivity index (χ4n) is 2.19. The molecule has 17 heavy (non-hydrogen) atoms. The van der Waals surface area contributed by atoms with Gasteiger partial charge in [-0.05, 0) is 25.5 Å². The van der Waals surface area contributed by atoms with E-state index >= 15 is 0 Å². The molecule has 2 rings (SSSR count). The number of aryl methyl sites for hydroxylation is 2. The maximum Gasteiger partial charge on any atom is 0.115 e. The third kappa shape index (κ3) is 2.20. The molecule has 0 aliphatic carbocycles. The van der Waals surface area contributed by atoms with Crippen LogP contribution < -0.4 is 0 Å². The first-order valence-electron chi connectivity index (χ1n) is 6.07. The van der Waals surface area contributed by atoms with Gasteiger partial charge in [0.15, 0.2) is 0 Å². The molecule has 1 N–H and O–H groups in total. The van der Waals surface area contributed by atoms with E-state index in [-0.39, 0.29) is 6.61 Å². The van der Waals surface area contributed by atoms with Crippen molar-refractivity contribution in [2.45, 2.75) is 39.8 Å². The Labute approximate surface area is 107 Å². The van der Waals surface area contributed by atoms with E-state index in [1.54, 1.807) is 0 Å². The minimum Gasteiger partial charge on any atom is -0.392 e. The first-order valence-corrected chi connectivity index (χ1v) is 6.45. The van der Waals surface area contributed by atoms with Crippen molar-refractivity contribution in [1.29, 1.82) is 0 Å². The monoisotopic (exact) mass is 251 g/mol. The highest BCUT2D eigenvalue weighted by Gasteiger charge is 2.14. The number of hydrogen-bond donors (Lipinski definition) is 1. The van der Waals surface area contributed by atoms with Crippen molar-refractivity contribution in [3.8, 4) is 0 Å². The van der Waals surface area contributed by atoms with E-state index in [1.807, 2.05) is 0 Å². The lowest BCUT2D eigenvalue weighted by Gasteiger charge is -2.06. The number of aliphatic hydroxyl groups is 1. The first kappa shape index (κ1) is 12.5. The topological polar surface area (TPSA) is 25.2 Å². The van der Waals surface area contributed by atoms with Gasteiger partial charge in [-0.25, -0.2) is 0 Å². The van der Waals surface area contributed by atoms with Gasteiger partial charge in [0, 0.05) is 23.0 Å². The molecule has 0 unspecified atom stereocenters. The fraction of sp³-hybridized carbons (Fsp3) is 0.429. The zero-order valence-corrected chi connectivity index (χ0v) is 11.1. The lowest BCUT2D eigenvalue weighted by molar-refractivity contribution is 0.283. The van der Waals surface area contributed by atoms with Gasteiger partial charge in [0.25, 0.3) is 0 Å². The minimum atomic E-state index is -0.00207. The van der Waals surface area contributed by atoms with Crippen molar-refractivity contribution in [2.75, 3.05) is 0 Å². The zero-order valence-electron chi connectivity index (χ0n) is 10.3. The average molecular weight is 252 g/mol. The molecule has 0 spiro atoms. The van der Waals surface area contributed by atoms with Crippen LogP contribution in [0.2, 0.25) is 5.15 Å². The highest BCUT2D eigenvalue weighted by atomic mass is 35.5. The van der Waals surface area contributed by atoms with Crippen LogP contribution in [0.3, 0.4) is 0 Å². The zero-order chi connectivity index (χ0) is 12.4. The number of unbranched alkanes of at least 4 members (excludes halogenated alkanes) is 1. The normalized spacial score (nSPS) is 11.3. The summed E-state index contributed by atoms with van der Waals surface area (Å²) >= 11 is 6.34. The smallest absolute Gasteiger partial charge is 0.115 e. The predicted octanol–water partition coefficient (Wildman–Crippen LogP) is 3.90. The molecule has 0 fully saturated rings. The van der Waals surface area contributed by atoms with Crippen LogP contribution in [0, 0.1) is 6.92 Å². The van der Waals surface area contributed by atoms with Crippen LogP contribution in [0.15, 0.2) is 18.2 Å². The molecule has 2 nitrogen and oxygen atoms in total. The van der Waals surface area contributed by atoms with Crippen molar-refractivity contribution in [2.24, 2.45) is 0 Å². The number of aromatic nitrogens is 1. The van der Waals surface area contributed by atoms with Crippen LogP contribution in [-0.2, 0) is 13.2 Å². The first-order chi connectivity index (χ1) is 8.19. The van der Waals surface area contributed by atoms with Crippen molar-refractivity contribution >= 4 is 22.5 Å². The van der Waals surface area contributed by atoms with Gasteiger partial charge in [-0.1, -0.05) is 36.6 Å². The van der Waals surface area contributed by atoms with Crippen molar-refractivity contribution in [3.05, 3.63) is 34.5 Å². The summed E-state index contributed by atoms with van der Waals surface area (Å²) in [5.74, 6) is 0. The number of nitrogens with zero attached hydrogens (tertiary/aromatic N) is 1. The number of halogens is 1. The van der Waals surface area contributed by atoms with Crippen LogP contribution in [-0.4, -0.2) is 9.67 Å². The van der Waals surface area contributed by atoms with Crippen molar-refractivity contribution in [1.82, 2.24) is 4.57 Å². The summed E-state index contributed by atoms with van der Waals surface area (Å²) in [6.07, 6.45) is 2.23. The van der Waals surface area contributed by atoms with Gasteiger partial charge in [-0.15, -0.1) is 0 Å². The van der Waals surface area contributed by atoms with Gasteiger partial charge in [0.1, 0.15) is 5.15 Å². The molecule has 0 aliphatic rings. The van der Waals surface area contributed by atoms with E-state index < -0.39 is 0 Å². The molecule has 3 heteroatoms. The molecule has 0 bridgehead atoms. The number of hydrogen-bond acceptors (Lipinski definition) is 1. The van der Waals surface area contributed by atoms with Gasteiger partial charge < -0.3 is 9.67 Å². The van der Waals surface area contributed by atoms with E-state index in [0.29, 0.717) is 5.15 Å². The van der Waals surface area contributed by atoms with E-state index in [4.69, 9.17) is 11.6 Å². The summed E-state index contributed by atoms with van der Waals surface area (Å²) in [5, 5.41) is 11.2. The summed E-state index contributed by atoms with van der Waals surface area (Å²) in [6, 6.07) is 6.27. The molecule has 0 saturated heterocycles. The second-order valence-electron chi connectivity index (χ2n) is 4.45. The lowest BCUT2D eigenvalue weighted by Crippen LogP contribution is -1.97. The molecule has 1 aromatic heterocycles. The number of benzene rings is 1. The Kier molecular flexibility index (Phi) is 3.75. The molecular weight excluding hydrogens is 234 g/mol. The highest BCUT2D eigenvalue weighted by molar-refractivity contribution is 6.32. The lowest BCUT2D eigenvalue weighted by atomic mass is 10.1. The maximum atomic E-state index is 9.45. The molecule has 0 atom stereocenters. The molecule has 0 amide bonds. The summed E-state index contributed by atoms with van der Waals surface area (Å²) in [7, 11) is 0. The average Bonchev–Trinajstić information content (AvgIpc) is 2.57. The van der Waals surface area contributed by atoms with E-state index in [9.17, 15) is 5.11 Å². The SMILES string of the molecule is CCCCn1c(Cl)c(CO)c2cc(C)ccc21. The number of rotatable bonds is 4. The third-order valence-corrected chi connectivity index (χ3v) is 3.58. The van der Waals surface area contributed by atoms with E-state index in [1.165, 1.54) is 5.56 Å². The van der Waals surface area contributed by atoms with Crippen LogP contribution in [0.1, 0.15) is 30.9 Å². The Morgan fingerprint density at radius 3 is 2.76 bits per heavy atom. The van der Waals surface area contributed by atoms with Crippen LogP contribution in [0.25, 0.3) is 10.9 Å². The van der Waals surface area contributed by atoms with Gasteiger partial charge in [-0.3, -0.25) is 0 Å². The Balaban J connectivity index is 2.62. The summed E-state index contributed by atoms with van der Waals surface area (Å²) < 4.78 is 2.10. The van der Waals surface area contributed by atoms with E-state index in [0.717, 1.165) is 35.9 Å². The minimum absolute atomic E-state index is 0.00207. The van der Waals surface area contributed by atoms with Gasteiger partial charge >= 0.3 is 0 Å². The Morgan fingerprint density at radius 1 is 1.35 bits per heavy atom. The summed E-state index contributed by atoms with van der Waals surface area (Å²) in [6.45, 7) is 5.13. The Morgan fingerprint density at radius 2 is 2.12 bits per heavy atom. The summed E-state index contributed by atoms with van der Waals surface area (Å²) in [4.78, 5) is 0. The Hall–Kier alpha value is -0.990. The molecule has 0 aliphatic heterocycles. The van der Waals surface area contributed by atoms with E-state index in [2.05, 4.69) is 36.6 Å². The molecule has 1 aromatic carbocycles. The quantitative estimate of drug-likeness (QED) is 0.876. The van der Waals surface area contributed by atoms with Gasteiger partial charge in [-0.2, -0.15) is 0 Å². The number of fused-ring (bicyclic) bond motifs is 1. The molecule has 0 radical (unpaired) electrons. The molecule has 92 valence electrons. The van der Waals surface area contributed by atoms with Crippen molar-refractivity contribution < 1.29 is 5.11 Å². The highest BCUT2D eigenvalue weighted by Crippen LogP contribution is 2.31. The fourth-order valence-corrected chi connectivity index (χ4v) is 2.53. The van der Waals surface area contributed by atoms with Crippen LogP contribution in [0.5, 0.6) is 0 Å². The molecular formula is C14H18ClNO. The second kappa shape index (κ2) is 5.11. The van der Waals surface area contributed by atoms with Crippen LogP contribution in [0.4, 0.5) is 0 Å². The van der Waals surface area contributed by atoms with Gasteiger partial charge in [0.05, 0.1) is 6.61 Å².